The van der Waals surface area contributed by atoms with Gasteiger partial charge in [-0.15, -0.1) is 0 Å². The van der Waals surface area contributed by atoms with Crippen molar-refractivity contribution in [3.05, 3.63) is 36.0 Å². The summed E-state index contributed by atoms with van der Waals surface area (Å²) in [6.07, 6.45) is 0.588. The molecular weight excluding hydrogens is 320 g/mol. The number of nitrogens with zero attached hydrogens (tertiary/aromatic N) is 2. The minimum absolute atomic E-state index is 0.0786. The topological polar surface area (TPSA) is 71.9 Å². The van der Waals surface area contributed by atoms with Gasteiger partial charge in [0.2, 0.25) is 0 Å². The molecule has 0 saturated heterocycles. The third kappa shape index (κ3) is 3.60. The fourth-order valence-corrected chi connectivity index (χ4v) is 3.42. The van der Waals surface area contributed by atoms with Gasteiger partial charge >= 0.3 is 0 Å². The third-order valence-electron chi connectivity index (χ3n) is 4.87. The molecule has 1 aliphatic carbocycles. The summed E-state index contributed by atoms with van der Waals surface area (Å²) >= 11 is 0. The smallest absolute Gasteiger partial charge is 0.260 e. The number of aliphatic hydroxyl groups excluding tert-OH is 1. The van der Waals surface area contributed by atoms with E-state index in [0.29, 0.717) is 5.75 Å². The summed E-state index contributed by atoms with van der Waals surface area (Å²) in [5.74, 6) is 0.478. The second kappa shape index (κ2) is 7.37. The number of aliphatic hydroxyl groups is 1. The normalized spacial score (nSPS) is 23.0. The van der Waals surface area contributed by atoms with Crippen molar-refractivity contribution in [2.45, 2.75) is 38.0 Å². The van der Waals surface area contributed by atoms with Crippen molar-refractivity contribution in [2.75, 3.05) is 20.8 Å². The first-order valence-corrected chi connectivity index (χ1v) is 8.47. The van der Waals surface area contributed by atoms with Crippen molar-refractivity contribution < 1.29 is 19.4 Å². The largest absolute Gasteiger partial charge is 0.483 e. The van der Waals surface area contributed by atoms with Gasteiger partial charge in [-0.25, -0.2) is 0 Å². The SMILES string of the molecule is CO[C@@H]1CC[C@@H](N(C)C(=O)COc2cc(C)nc3ccccc23)[C@H]1O. The number of ether oxygens (including phenoxy) is 2. The van der Waals surface area contributed by atoms with Gasteiger partial charge in [-0.2, -0.15) is 0 Å². The first kappa shape index (κ1) is 17.6. The number of pyridine rings is 1. The lowest BCUT2D eigenvalue weighted by atomic mass is 10.1. The van der Waals surface area contributed by atoms with Gasteiger partial charge in [0.15, 0.2) is 6.61 Å². The van der Waals surface area contributed by atoms with Gasteiger partial charge in [0.1, 0.15) is 11.9 Å². The Morgan fingerprint density at radius 2 is 2.12 bits per heavy atom. The van der Waals surface area contributed by atoms with Crippen LogP contribution in [0.25, 0.3) is 10.9 Å². The van der Waals surface area contributed by atoms with Crippen LogP contribution < -0.4 is 4.74 Å². The van der Waals surface area contributed by atoms with Crippen LogP contribution in [-0.2, 0) is 9.53 Å². The molecule has 1 fully saturated rings. The number of fused-ring (bicyclic) bond motifs is 1. The van der Waals surface area contributed by atoms with E-state index in [1.807, 2.05) is 37.3 Å². The van der Waals surface area contributed by atoms with Gasteiger partial charge in [0.05, 0.1) is 17.7 Å². The molecule has 25 heavy (non-hydrogen) atoms. The van der Waals surface area contributed by atoms with E-state index in [-0.39, 0.29) is 24.7 Å². The molecule has 1 aromatic heterocycles. The Bertz CT molecular complexity index is 764. The molecule has 1 N–H and O–H groups in total. The van der Waals surface area contributed by atoms with Crippen LogP contribution in [0.15, 0.2) is 30.3 Å². The Labute approximate surface area is 147 Å². The Kier molecular flexibility index (Phi) is 5.20. The highest BCUT2D eigenvalue weighted by atomic mass is 16.5. The van der Waals surface area contributed by atoms with Crippen LogP contribution in [0, 0.1) is 6.92 Å². The molecule has 6 nitrogen and oxygen atoms in total. The summed E-state index contributed by atoms with van der Waals surface area (Å²) in [6.45, 7) is 1.82. The minimum atomic E-state index is -0.664. The van der Waals surface area contributed by atoms with Crippen LogP contribution in [0.4, 0.5) is 0 Å². The van der Waals surface area contributed by atoms with Gasteiger partial charge in [-0.3, -0.25) is 9.78 Å². The minimum Gasteiger partial charge on any atom is -0.483 e. The molecule has 0 radical (unpaired) electrons. The van der Waals surface area contributed by atoms with E-state index in [2.05, 4.69) is 4.98 Å². The third-order valence-corrected chi connectivity index (χ3v) is 4.87. The quantitative estimate of drug-likeness (QED) is 0.897. The van der Waals surface area contributed by atoms with Crippen LogP contribution in [0.5, 0.6) is 5.75 Å². The van der Waals surface area contributed by atoms with E-state index in [9.17, 15) is 9.90 Å². The van der Waals surface area contributed by atoms with Gasteiger partial charge < -0.3 is 19.5 Å². The molecule has 0 spiro atoms. The van der Waals surface area contributed by atoms with Crippen molar-refractivity contribution in [1.82, 2.24) is 9.88 Å². The Morgan fingerprint density at radius 3 is 2.84 bits per heavy atom. The maximum Gasteiger partial charge on any atom is 0.260 e. The predicted molar refractivity (Wildman–Crippen MR) is 94.6 cm³/mol. The van der Waals surface area contributed by atoms with Crippen molar-refractivity contribution in [2.24, 2.45) is 0 Å². The number of methoxy groups -OCH3 is 1. The molecule has 3 rings (SSSR count). The number of rotatable bonds is 5. The van der Waals surface area contributed by atoms with Crippen molar-refractivity contribution in [3.63, 3.8) is 0 Å². The number of hydrogen-bond donors (Lipinski definition) is 1. The molecule has 1 aromatic carbocycles. The number of benzene rings is 1. The molecule has 2 aromatic rings. The van der Waals surface area contributed by atoms with Gasteiger partial charge in [-0.05, 0) is 31.9 Å². The summed E-state index contributed by atoms with van der Waals surface area (Å²) in [5, 5.41) is 11.1. The average molecular weight is 344 g/mol. The van der Waals surface area contributed by atoms with E-state index in [1.54, 1.807) is 19.1 Å². The van der Waals surface area contributed by atoms with Crippen LogP contribution in [0.2, 0.25) is 0 Å². The Balaban J connectivity index is 1.69. The summed E-state index contributed by atoms with van der Waals surface area (Å²) in [7, 11) is 3.28. The summed E-state index contributed by atoms with van der Waals surface area (Å²) in [6, 6.07) is 9.28. The maximum absolute atomic E-state index is 12.5. The lowest BCUT2D eigenvalue weighted by molar-refractivity contribution is -0.136. The molecule has 134 valence electrons. The number of aromatic nitrogens is 1. The fourth-order valence-electron chi connectivity index (χ4n) is 3.42. The second-order valence-electron chi connectivity index (χ2n) is 6.48. The summed E-state index contributed by atoms with van der Waals surface area (Å²) < 4.78 is 11.0. The standard InChI is InChI=1S/C19H24N2O4/c1-12-10-17(13-6-4-5-7-14(13)20-12)25-11-18(22)21(2)15-8-9-16(24-3)19(15)23/h4-7,10,15-16,19,23H,8-9,11H2,1-3H3/t15-,16-,19-/m1/s1. The maximum atomic E-state index is 12.5. The Hall–Kier alpha value is -2.18. The zero-order valence-electron chi connectivity index (χ0n) is 14.8. The zero-order valence-corrected chi connectivity index (χ0v) is 14.8. The lowest BCUT2D eigenvalue weighted by Gasteiger charge is -2.28. The average Bonchev–Trinajstić information content (AvgIpc) is 2.99. The summed E-state index contributed by atoms with van der Waals surface area (Å²) in [5.41, 5.74) is 1.68. The first-order valence-electron chi connectivity index (χ1n) is 8.47. The molecule has 0 aliphatic heterocycles. The number of aryl methyl sites for hydroxylation is 1. The van der Waals surface area contributed by atoms with Gasteiger partial charge in [0.25, 0.3) is 5.91 Å². The molecule has 1 heterocycles. The van der Waals surface area contributed by atoms with E-state index >= 15 is 0 Å². The van der Waals surface area contributed by atoms with Crippen molar-refractivity contribution >= 4 is 16.8 Å². The Morgan fingerprint density at radius 1 is 1.36 bits per heavy atom. The molecule has 0 unspecified atom stereocenters. The predicted octanol–water partition coefficient (Wildman–Crippen LogP) is 1.92. The van der Waals surface area contributed by atoms with Crippen LogP contribution >= 0.6 is 0 Å². The van der Waals surface area contributed by atoms with Gasteiger partial charge in [0, 0.05) is 31.3 Å². The highest BCUT2D eigenvalue weighted by Gasteiger charge is 2.38. The van der Waals surface area contributed by atoms with E-state index < -0.39 is 6.10 Å². The highest BCUT2D eigenvalue weighted by molar-refractivity contribution is 5.86. The van der Waals surface area contributed by atoms with Crippen LogP contribution in [-0.4, -0.2) is 59.9 Å². The number of amides is 1. The van der Waals surface area contributed by atoms with Crippen molar-refractivity contribution in [1.29, 1.82) is 0 Å². The van der Waals surface area contributed by atoms with Gasteiger partial charge in [-0.1, -0.05) is 12.1 Å². The molecule has 1 aliphatic rings. The number of carbonyl (C=O) groups excluding carboxylic acids is 1. The van der Waals surface area contributed by atoms with Crippen molar-refractivity contribution in [3.8, 4) is 5.75 Å². The monoisotopic (exact) mass is 344 g/mol. The molecule has 3 atom stereocenters. The second-order valence-corrected chi connectivity index (χ2v) is 6.48. The number of likely N-dealkylation sites (N-methyl/N-ethyl adjacent to an activating group) is 1. The van der Waals surface area contributed by atoms with E-state index in [0.717, 1.165) is 29.4 Å². The molecule has 6 heteroatoms. The molecular formula is C19H24N2O4. The first-order chi connectivity index (χ1) is 12.0. The molecule has 1 amide bonds. The fraction of sp³-hybridized carbons (Fsp3) is 0.474. The number of para-hydroxylation sites is 1. The van der Waals surface area contributed by atoms with Crippen LogP contribution in [0.3, 0.4) is 0 Å². The van der Waals surface area contributed by atoms with E-state index in [4.69, 9.17) is 9.47 Å². The number of carbonyl (C=O) groups is 1. The lowest BCUT2D eigenvalue weighted by Crippen LogP contribution is -2.46. The number of hydrogen-bond acceptors (Lipinski definition) is 5. The zero-order chi connectivity index (χ0) is 18.0. The van der Waals surface area contributed by atoms with Crippen LogP contribution in [0.1, 0.15) is 18.5 Å². The highest BCUT2D eigenvalue weighted by Crippen LogP contribution is 2.27. The summed E-state index contributed by atoms with van der Waals surface area (Å²) in [4.78, 5) is 18.5. The van der Waals surface area contributed by atoms with E-state index in [1.165, 1.54) is 0 Å². The molecule has 0 bridgehead atoms. The molecule has 1 saturated carbocycles.